The van der Waals surface area contributed by atoms with Crippen LogP contribution in [0.4, 0.5) is 0 Å². The van der Waals surface area contributed by atoms with Crippen LogP contribution >= 0.6 is 0 Å². The minimum Gasteiger partial charge on any atom is -0.326 e. The Morgan fingerprint density at radius 2 is 1.72 bits per heavy atom. The molecule has 1 aromatic rings. The van der Waals surface area contributed by atoms with Crippen molar-refractivity contribution in [2.24, 2.45) is 11.8 Å². The second-order valence-electron chi connectivity index (χ2n) is 10.2. The Bertz CT molecular complexity index is 802. The summed E-state index contributed by atoms with van der Waals surface area (Å²) >= 11 is 0. The van der Waals surface area contributed by atoms with Crippen LogP contribution in [-0.2, 0) is 36.9 Å². The van der Waals surface area contributed by atoms with Crippen LogP contribution in [-0.4, -0.2) is 36.0 Å². The quantitative estimate of drug-likeness (QED) is 0.705. The van der Waals surface area contributed by atoms with Crippen LogP contribution in [0, 0.1) is 23.2 Å². The van der Waals surface area contributed by atoms with Crippen LogP contribution in [0.2, 0.25) is 0 Å². The lowest BCUT2D eigenvalue weighted by atomic mass is 9.73. The van der Waals surface area contributed by atoms with Crippen molar-refractivity contribution in [2.45, 2.75) is 104 Å². The predicted octanol–water partition coefficient (Wildman–Crippen LogP) is 5.00. The lowest BCUT2D eigenvalue weighted by Crippen LogP contribution is -2.43. The fourth-order valence-corrected chi connectivity index (χ4v) is 5.80. The van der Waals surface area contributed by atoms with Gasteiger partial charge in [0.15, 0.2) is 0 Å². The zero-order chi connectivity index (χ0) is 23.3. The highest BCUT2D eigenvalue weighted by atomic mass is 16.2. The summed E-state index contributed by atoms with van der Waals surface area (Å²) in [5.74, 6) is 1.60. The molecule has 1 heterocycles. The van der Waals surface area contributed by atoms with Crippen molar-refractivity contribution >= 4 is 5.91 Å². The van der Waals surface area contributed by atoms with Crippen LogP contribution in [0.3, 0.4) is 0 Å². The Morgan fingerprint density at radius 1 is 1.12 bits per heavy atom. The summed E-state index contributed by atoms with van der Waals surface area (Å²) in [5.41, 5.74) is 8.00. The largest absolute Gasteiger partial charge is 0.326 e. The minimum absolute atomic E-state index is 0.0743. The number of nitrogens with zero attached hydrogens (tertiary/aromatic N) is 2. The number of benzene rings is 1. The van der Waals surface area contributed by atoms with E-state index < -0.39 is 0 Å². The van der Waals surface area contributed by atoms with E-state index in [-0.39, 0.29) is 18.0 Å². The number of hydrogen-bond donors (Lipinski definition) is 1. The maximum atomic E-state index is 12.6. The van der Waals surface area contributed by atoms with Crippen molar-refractivity contribution in [3.8, 4) is 6.07 Å². The van der Waals surface area contributed by atoms with Crippen LogP contribution in [0.15, 0.2) is 6.07 Å². The molecule has 0 radical (unpaired) electrons. The molecule has 0 bridgehead atoms. The van der Waals surface area contributed by atoms with Gasteiger partial charge in [0.2, 0.25) is 5.91 Å². The molecule has 4 nitrogen and oxygen atoms in total. The van der Waals surface area contributed by atoms with Crippen LogP contribution in [0.5, 0.6) is 0 Å². The third kappa shape index (κ3) is 5.54. The molecule has 3 unspecified atom stereocenters. The topological polar surface area (TPSA) is 56.1 Å². The lowest BCUT2D eigenvalue weighted by molar-refractivity contribution is -0.130. The number of aryl methyl sites for hydroxylation is 2. The first kappa shape index (κ1) is 24.8. The van der Waals surface area contributed by atoms with Crippen molar-refractivity contribution in [3.05, 3.63) is 33.9 Å². The van der Waals surface area contributed by atoms with Gasteiger partial charge in [-0.3, -0.25) is 4.79 Å². The van der Waals surface area contributed by atoms with Gasteiger partial charge in [0.05, 0.1) is 12.6 Å². The number of likely N-dealkylation sites (tertiary alicyclic amines) is 1. The number of rotatable bonds is 5. The van der Waals surface area contributed by atoms with Gasteiger partial charge in [-0.15, -0.1) is 0 Å². The van der Waals surface area contributed by atoms with Gasteiger partial charge < -0.3 is 10.2 Å². The summed E-state index contributed by atoms with van der Waals surface area (Å²) in [6.07, 6.45) is 10.2. The average Bonchev–Trinajstić information content (AvgIpc) is 3.28. The SMILES string of the molecule is CC.CC1CCc2cc3c(c(CC(C)NCC(=O)N4CCC[C@H]4C#N)c2C1)CC(C)CC3. The maximum Gasteiger partial charge on any atom is 0.237 e. The Morgan fingerprint density at radius 3 is 2.28 bits per heavy atom. The van der Waals surface area contributed by atoms with E-state index in [1.807, 2.05) is 13.8 Å². The summed E-state index contributed by atoms with van der Waals surface area (Å²) in [6, 6.07) is 4.83. The third-order valence-electron chi connectivity index (χ3n) is 7.60. The molecule has 1 fully saturated rings. The highest BCUT2D eigenvalue weighted by Gasteiger charge is 2.29. The van der Waals surface area contributed by atoms with Crippen LogP contribution in [0.25, 0.3) is 0 Å². The summed E-state index contributed by atoms with van der Waals surface area (Å²) in [5, 5.41) is 12.7. The van der Waals surface area contributed by atoms with Crippen LogP contribution in [0.1, 0.15) is 88.1 Å². The Balaban J connectivity index is 0.00000141. The average molecular weight is 438 g/mol. The summed E-state index contributed by atoms with van der Waals surface area (Å²) in [4.78, 5) is 14.4. The second kappa shape index (κ2) is 11.3. The molecule has 1 aliphatic heterocycles. The van der Waals surface area contributed by atoms with Crippen molar-refractivity contribution in [2.75, 3.05) is 13.1 Å². The number of nitriles is 1. The summed E-state index contributed by atoms with van der Waals surface area (Å²) in [7, 11) is 0. The van der Waals surface area contributed by atoms with E-state index in [1.54, 1.807) is 32.7 Å². The fourth-order valence-electron chi connectivity index (χ4n) is 5.80. The predicted molar refractivity (Wildman–Crippen MR) is 132 cm³/mol. The highest BCUT2D eigenvalue weighted by Crippen LogP contribution is 2.37. The molecular formula is C28H43N3O. The molecule has 32 heavy (non-hydrogen) atoms. The minimum atomic E-state index is -0.231. The van der Waals surface area contributed by atoms with Gasteiger partial charge in [-0.25, -0.2) is 0 Å². The molecule has 4 rings (SSSR count). The second-order valence-corrected chi connectivity index (χ2v) is 10.2. The van der Waals surface area contributed by atoms with Crippen molar-refractivity contribution < 1.29 is 4.79 Å². The first-order chi connectivity index (χ1) is 15.5. The van der Waals surface area contributed by atoms with E-state index in [0.29, 0.717) is 6.54 Å². The Hall–Kier alpha value is -1.86. The van der Waals surface area contributed by atoms with Crippen molar-refractivity contribution in [1.82, 2.24) is 10.2 Å². The molecule has 176 valence electrons. The molecule has 1 saturated heterocycles. The molecule has 0 spiro atoms. The normalized spacial score (nSPS) is 25.1. The van der Waals surface area contributed by atoms with E-state index in [0.717, 1.165) is 37.6 Å². The van der Waals surface area contributed by atoms with E-state index in [2.05, 4.69) is 38.2 Å². The molecule has 4 heteroatoms. The van der Waals surface area contributed by atoms with E-state index in [9.17, 15) is 10.1 Å². The van der Waals surface area contributed by atoms with Gasteiger partial charge in [-0.2, -0.15) is 5.26 Å². The smallest absolute Gasteiger partial charge is 0.237 e. The molecule has 0 aromatic heterocycles. The zero-order valence-electron chi connectivity index (χ0n) is 21.0. The van der Waals surface area contributed by atoms with Crippen LogP contribution < -0.4 is 5.32 Å². The number of carbonyl (C=O) groups excluding carboxylic acids is 1. The summed E-state index contributed by atoms with van der Waals surface area (Å²) in [6.45, 7) is 12.0. The first-order valence-corrected chi connectivity index (χ1v) is 13.0. The number of nitrogens with one attached hydrogen (secondary N) is 1. The van der Waals surface area contributed by atoms with E-state index >= 15 is 0 Å². The van der Waals surface area contributed by atoms with Gasteiger partial charge in [-0.05, 0) is 104 Å². The standard InChI is InChI=1S/C26H37N3O.C2H6/c1-17-6-8-20-14-21-9-7-18(2)12-24(21)25(23(20)11-17)13-19(3)28-16-26(30)29-10-4-5-22(29)15-27;1-2/h14,17-19,22,28H,4-13,16H2,1-3H3;1-2H3/t17?,18?,19?,22-;/m0./s1. The molecule has 0 saturated carbocycles. The van der Waals surface area contributed by atoms with Gasteiger partial charge in [0.1, 0.15) is 6.04 Å². The maximum absolute atomic E-state index is 12.6. The monoisotopic (exact) mass is 437 g/mol. The Labute approximate surface area is 195 Å². The molecule has 1 N–H and O–H groups in total. The lowest BCUT2D eigenvalue weighted by Gasteiger charge is -2.32. The van der Waals surface area contributed by atoms with Gasteiger partial charge in [-0.1, -0.05) is 33.8 Å². The van der Waals surface area contributed by atoms with Crippen molar-refractivity contribution in [1.29, 1.82) is 5.26 Å². The molecular weight excluding hydrogens is 394 g/mol. The Kier molecular flexibility index (Phi) is 8.77. The first-order valence-electron chi connectivity index (χ1n) is 13.0. The van der Waals surface area contributed by atoms with E-state index in [4.69, 9.17) is 0 Å². The number of amides is 1. The van der Waals surface area contributed by atoms with Gasteiger partial charge in [0, 0.05) is 12.6 Å². The van der Waals surface area contributed by atoms with E-state index in [1.165, 1.54) is 38.5 Å². The molecule has 1 aromatic carbocycles. The van der Waals surface area contributed by atoms with Crippen molar-refractivity contribution in [3.63, 3.8) is 0 Å². The molecule has 4 atom stereocenters. The third-order valence-corrected chi connectivity index (χ3v) is 7.60. The van der Waals surface area contributed by atoms with Gasteiger partial charge in [0.25, 0.3) is 0 Å². The fraction of sp³-hybridized carbons (Fsp3) is 0.714. The number of carbonyl (C=O) groups is 1. The molecule has 1 amide bonds. The number of hydrogen-bond acceptors (Lipinski definition) is 3. The van der Waals surface area contributed by atoms with Gasteiger partial charge >= 0.3 is 0 Å². The summed E-state index contributed by atoms with van der Waals surface area (Å²) < 4.78 is 0. The zero-order valence-corrected chi connectivity index (χ0v) is 21.0. The molecule has 3 aliphatic rings. The molecule has 2 aliphatic carbocycles. The highest BCUT2D eigenvalue weighted by molar-refractivity contribution is 5.79. The number of fused-ring (bicyclic) bond motifs is 2.